The van der Waals surface area contributed by atoms with E-state index < -0.39 is 24.2 Å². The number of anilines is 1. The quantitative estimate of drug-likeness (QED) is 0.637. The number of nitrogen functional groups attached to an aromatic ring is 1. The lowest BCUT2D eigenvalue weighted by atomic mass is 10.1. The Balaban J connectivity index is 2.82. The molecule has 0 aromatic heterocycles. The molecule has 0 unspecified atom stereocenters. The van der Waals surface area contributed by atoms with Crippen LogP contribution in [0, 0.1) is 0 Å². The van der Waals surface area contributed by atoms with Gasteiger partial charge in [-0.1, -0.05) is 13.0 Å². The summed E-state index contributed by atoms with van der Waals surface area (Å²) in [5, 5.41) is 0. The van der Waals surface area contributed by atoms with E-state index in [4.69, 9.17) is 5.73 Å². The van der Waals surface area contributed by atoms with Gasteiger partial charge in [0.05, 0.1) is 11.3 Å². The Morgan fingerprint density at radius 2 is 2.10 bits per heavy atom. The molecule has 0 fully saturated rings. The van der Waals surface area contributed by atoms with Crippen molar-refractivity contribution in [2.45, 2.75) is 26.4 Å². The van der Waals surface area contributed by atoms with E-state index in [1.165, 1.54) is 18.2 Å². The third-order valence-corrected chi connectivity index (χ3v) is 2.21. The molecular formula is C12H14F2N2O4. The highest BCUT2D eigenvalue weighted by molar-refractivity contribution is 5.98. The van der Waals surface area contributed by atoms with Crippen LogP contribution in [-0.4, -0.2) is 18.5 Å². The normalized spacial score (nSPS) is 10.2. The molecule has 1 aromatic carbocycles. The lowest BCUT2D eigenvalue weighted by Gasteiger charge is -2.12. The molecule has 0 atom stereocenters. The Morgan fingerprint density at radius 1 is 1.40 bits per heavy atom. The van der Waals surface area contributed by atoms with Crippen LogP contribution in [0.25, 0.3) is 0 Å². The lowest BCUT2D eigenvalue weighted by Crippen LogP contribution is -2.27. The summed E-state index contributed by atoms with van der Waals surface area (Å²) < 4.78 is 28.7. The number of nitrogens with one attached hydrogen (secondary N) is 1. The third-order valence-electron chi connectivity index (χ3n) is 2.21. The van der Waals surface area contributed by atoms with Gasteiger partial charge >= 0.3 is 12.6 Å². The Labute approximate surface area is 113 Å². The predicted octanol–water partition coefficient (Wildman–Crippen LogP) is 1.86. The van der Waals surface area contributed by atoms with Crippen molar-refractivity contribution in [3.63, 3.8) is 0 Å². The fraction of sp³-hybridized carbons (Fsp3) is 0.333. The molecule has 6 nitrogen and oxygen atoms in total. The fourth-order valence-electron chi connectivity index (χ4n) is 1.37. The van der Waals surface area contributed by atoms with Crippen LogP contribution in [-0.2, 0) is 9.63 Å². The van der Waals surface area contributed by atoms with Crippen LogP contribution in [0.15, 0.2) is 18.2 Å². The number of carbonyl (C=O) groups excluding carboxylic acids is 2. The number of hydrogen-bond donors (Lipinski definition) is 2. The predicted molar refractivity (Wildman–Crippen MR) is 66.0 cm³/mol. The van der Waals surface area contributed by atoms with Gasteiger partial charge in [0.25, 0.3) is 5.91 Å². The van der Waals surface area contributed by atoms with Gasteiger partial charge in [-0.15, -0.1) is 0 Å². The highest BCUT2D eigenvalue weighted by Crippen LogP contribution is 2.27. The SMILES string of the molecule is CCCC(=O)ONC(=O)c1cccc(N)c1OC(F)F. The van der Waals surface area contributed by atoms with Gasteiger partial charge in [0, 0.05) is 6.42 Å². The van der Waals surface area contributed by atoms with Crippen LogP contribution in [0.1, 0.15) is 30.1 Å². The van der Waals surface area contributed by atoms with E-state index in [-0.39, 0.29) is 17.7 Å². The highest BCUT2D eigenvalue weighted by Gasteiger charge is 2.19. The molecule has 3 N–H and O–H groups in total. The van der Waals surface area contributed by atoms with E-state index in [0.29, 0.717) is 6.42 Å². The summed E-state index contributed by atoms with van der Waals surface area (Å²) in [6.07, 6.45) is 0.671. The number of para-hydroxylation sites is 1. The van der Waals surface area contributed by atoms with Crippen molar-refractivity contribution >= 4 is 17.6 Å². The van der Waals surface area contributed by atoms with E-state index in [1.54, 1.807) is 6.92 Å². The van der Waals surface area contributed by atoms with E-state index >= 15 is 0 Å². The number of nitrogens with two attached hydrogens (primary N) is 1. The highest BCUT2D eigenvalue weighted by atomic mass is 19.3. The number of alkyl halides is 2. The molecule has 1 amide bonds. The third kappa shape index (κ3) is 4.38. The summed E-state index contributed by atoms with van der Waals surface area (Å²) in [7, 11) is 0. The van der Waals surface area contributed by atoms with E-state index in [1.807, 2.05) is 5.48 Å². The first-order valence-electron chi connectivity index (χ1n) is 5.79. The van der Waals surface area contributed by atoms with Gasteiger partial charge in [-0.3, -0.25) is 4.79 Å². The second kappa shape index (κ2) is 7.27. The van der Waals surface area contributed by atoms with Crippen molar-refractivity contribution in [3.8, 4) is 5.75 Å². The van der Waals surface area contributed by atoms with Crippen LogP contribution >= 0.6 is 0 Å². The van der Waals surface area contributed by atoms with Crippen molar-refractivity contribution in [2.24, 2.45) is 0 Å². The van der Waals surface area contributed by atoms with E-state index in [9.17, 15) is 18.4 Å². The van der Waals surface area contributed by atoms with Crippen LogP contribution in [0.4, 0.5) is 14.5 Å². The molecule has 0 saturated heterocycles. The molecule has 1 rings (SSSR count). The molecule has 0 spiro atoms. The van der Waals surface area contributed by atoms with E-state index in [2.05, 4.69) is 9.57 Å². The zero-order chi connectivity index (χ0) is 15.1. The fourth-order valence-corrected chi connectivity index (χ4v) is 1.37. The standard InChI is InChI=1S/C12H14F2N2O4/c1-2-4-9(17)20-16-11(18)7-5-3-6-8(15)10(7)19-12(13)14/h3,5-6,12H,2,4,15H2,1H3,(H,16,18). The number of carbonyl (C=O) groups is 2. The first-order chi connectivity index (χ1) is 9.45. The molecule has 0 bridgehead atoms. The smallest absolute Gasteiger partial charge is 0.387 e. The summed E-state index contributed by atoms with van der Waals surface area (Å²) in [5.74, 6) is -2.01. The maximum absolute atomic E-state index is 12.3. The summed E-state index contributed by atoms with van der Waals surface area (Å²) in [6, 6.07) is 3.91. The largest absolute Gasteiger partial charge is 0.432 e. The Kier molecular flexibility index (Phi) is 5.70. The zero-order valence-corrected chi connectivity index (χ0v) is 10.7. The van der Waals surface area contributed by atoms with Crippen LogP contribution in [0.2, 0.25) is 0 Å². The maximum atomic E-state index is 12.3. The van der Waals surface area contributed by atoms with Gasteiger partial charge in [0.15, 0.2) is 5.75 Å². The number of hydroxylamine groups is 1. The second-order valence-corrected chi connectivity index (χ2v) is 3.76. The first-order valence-corrected chi connectivity index (χ1v) is 5.79. The summed E-state index contributed by atoms with van der Waals surface area (Å²) in [5.41, 5.74) is 6.94. The molecule has 0 aliphatic rings. The molecule has 20 heavy (non-hydrogen) atoms. The summed E-state index contributed by atoms with van der Waals surface area (Å²) in [6.45, 7) is -1.37. The zero-order valence-electron chi connectivity index (χ0n) is 10.7. The molecule has 110 valence electrons. The van der Waals surface area contributed by atoms with Crippen molar-refractivity contribution in [1.29, 1.82) is 0 Å². The number of rotatable bonds is 5. The van der Waals surface area contributed by atoms with Crippen molar-refractivity contribution in [1.82, 2.24) is 5.48 Å². The first kappa shape index (κ1) is 15.7. The maximum Gasteiger partial charge on any atom is 0.387 e. The molecule has 0 aliphatic heterocycles. The Hall–Kier alpha value is -2.38. The lowest BCUT2D eigenvalue weighted by molar-refractivity contribution is -0.149. The van der Waals surface area contributed by atoms with Gasteiger partial charge in [-0.25, -0.2) is 4.79 Å². The van der Waals surface area contributed by atoms with Crippen LogP contribution < -0.4 is 16.0 Å². The molecule has 0 aliphatic carbocycles. The second-order valence-electron chi connectivity index (χ2n) is 3.76. The monoisotopic (exact) mass is 288 g/mol. The average Bonchev–Trinajstić information content (AvgIpc) is 2.38. The molecule has 8 heteroatoms. The van der Waals surface area contributed by atoms with Gasteiger partial charge in [-0.2, -0.15) is 14.3 Å². The number of halogens is 2. The van der Waals surface area contributed by atoms with Crippen molar-refractivity contribution < 1.29 is 27.9 Å². The van der Waals surface area contributed by atoms with Gasteiger partial charge in [0.2, 0.25) is 0 Å². The van der Waals surface area contributed by atoms with Crippen LogP contribution in [0.5, 0.6) is 5.75 Å². The summed E-state index contributed by atoms with van der Waals surface area (Å²) >= 11 is 0. The molecule has 0 heterocycles. The summed E-state index contributed by atoms with van der Waals surface area (Å²) in [4.78, 5) is 27.3. The minimum Gasteiger partial charge on any atom is -0.432 e. The van der Waals surface area contributed by atoms with Crippen molar-refractivity contribution in [2.75, 3.05) is 5.73 Å². The number of amides is 1. The molecular weight excluding hydrogens is 274 g/mol. The minimum atomic E-state index is -3.13. The molecule has 1 aromatic rings. The Bertz CT molecular complexity index is 494. The molecule has 0 radical (unpaired) electrons. The van der Waals surface area contributed by atoms with Crippen LogP contribution in [0.3, 0.4) is 0 Å². The number of benzene rings is 1. The Morgan fingerprint density at radius 3 is 2.70 bits per heavy atom. The van der Waals surface area contributed by atoms with E-state index in [0.717, 1.165) is 0 Å². The van der Waals surface area contributed by atoms with Gasteiger partial charge < -0.3 is 15.3 Å². The van der Waals surface area contributed by atoms with Gasteiger partial charge in [-0.05, 0) is 18.6 Å². The molecule has 0 saturated carbocycles. The average molecular weight is 288 g/mol. The topological polar surface area (TPSA) is 90.7 Å². The number of hydrogen-bond acceptors (Lipinski definition) is 5. The minimum absolute atomic E-state index is 0.123. The van der Waals surface area contributed by atoms with Crippen molar-refractivity contribution in [3.05, 3.63) is 23.8 Å². The number of ether oxygens (including phenoxy) is 1. The van der Waals surface area contributed by atoms with Gasteiger partial charge in [0.1, 0.15) is 0 Å².